The van der Waals surface area contributed by atoms with Crippen molar-refractivity contribution in [2.45, 2.75) is 39.2 Å². The monoisotopic (exact) mass is 436 g/mol. The summed E-state index contributed by atoms with van der Waals surface area (Å²) < 4.78 is 20.4. The van der Waals surface area contributed by atoms with Crippen molar-refractivity contribution >= 4 is 11.8 Å². The minimum Gasteiger partial charge on any atom is -0.496 e. The Bertz CT molecular complexity index is 1200. The fourth-order valence-electron chi connectivity index (χ4n) is 4.18. The van der Waals surface area contributed by atoms with Gasteiger partial charge in [-0.15, -0.1) is 0 Å². The molecular weight excluding hydrogens is 411 g/mol. The number of ether oxygens (including phenoxy) is 1. The highest BCUT2D eigenvalue weighted by atomic mass is 19.1. The molecular formula is C24H25FN4O3. The van der Waals surface area contributed by atoms with Gasteiger partial charge < -0.3 is 15.8 Å². The van der Waals surface area contributed by atoms with E-state index in [1.54, 1.807) is 4.68 Å². The number of hydrogen-bond donors (Lipinski definition) is 2. The van der Waals surface area contributed by atoms with Crippen molar-refractivity contribution in [1.82, 2.24) is 15.1 Å². The number of nitrogens with one attached hydrogen (secondary N) is 1. The molecule has 0 unspecified atom stereocenters. The third-order valence-electron chi connectivity index (χ3n) is 5.74. The summed E-state index contributed by atoms with van der Waals surface area (Å²) in [6.07, 6.45) is 3.72. The highest BCUT2D eigenvalue weighted by Gasteiger charge is 2.25. The first-order valence-corrected chi connectivity index (χ1v) is 10.5. The van der Waals surface area contributed by atoms with E-state index in [0.29, 0.717) is 11.4 Å². The second kappa shape index (κ2) is 8.82. The topological polar surface area (TPSA) is 99.2 Å². The van der Waals surface area contributed by atoms with Crippen LogP contribution in [0.4, 0.5) is 4.39 Å². The number of primary amides is 1. The molecule has 0 fully saturated rings. The first-order valence-electron chi connectivity index (χ1n) is 10.5. The molecule has 4 rings (SSSR count). The number of hydrogen-bond acceptors (Lipinski definition) is 4. The van der Waals surface area contributed by atoms with E-state index in [1.807, 2.05) is 25.1 Å². The van der Waals surface area contributed by atoms with Gasteiger partial charge in [-0.25, -0.2) is 9.07 Å². The Labute approximate surface area is 185 Å². The first-order chi connectivity index (χ1) is 15.4. The molecule has 2 amide bonds. The number of fused-ring (bicyclic) bond motifs is 1. The maximum atomic E-state index is 13.6. The molecule has 7 nitrogen and oxygen atoms in total. The van der Waals surface area contributed by atoms with Gasteiger partial charge in [0.05, 0.1) is 24.1 Å². The van der Waals surface area contributed by atoms with E-state index >= 15 is 0 Å². The molecule has 166 valence electrons. The van der Waals surface area contributed by atoms with Crippen molar-refractivity contribution < 1.29 is 18.7 Å². The van der Waals surface area contributed by atoms with Crippen molar-refractivity contribution in [2.24, 2.45) is 5.73 Å². The molecule has 0 bridgehead atoms. The molecule has 3 aromatic rings. The average Bonchev–Trinajstić information content (AvgIpc) is 3.17. The van der Waals surface area contributed by atoms with E-state index in [1.165, 1.54) is 19.2 Å². The molecule has 8 heteroatoms. The maximum absolute atomic E-state index is 13.6. The van der Waals surface area contributed by atoms with Crippen LogP contribution in [-0.2, 0) is 19.4 Å². The molecule has 0 spiro atoms. The van der Waals surface area contributed by atoms with E-state index in [2.05, 4.69) is 10.4 Å². The van der Waals surface area contributed by atoms with Gasteiger partial charge in [-0.2, -0.15) is 5.10 Å². The largest absolute Gasteiger partial charge is 0.496 e. The maximum Gasteiger partial charge on any atom is 0.267 e. The number of aromatic nitrogens is 2. The number of carbonyl (C=O) groups is 2. The van der Waals surface area contributed by atoms with Crippen LogP contribution < -0.4 is 15.8 Å². The van der Waals surface area contributed by atoms with Crippen molar-refractivity contribution in [1.29, 1.82) is 0 Å². The van der Waals surface area contributed by atoms with Gasteiger partial charge in [0, 0.05) is 12.1 Å². The average molecular weight is 436 g/mol. The summed E-state index contributed by atoms with van der Waals surface area (Å²) in [6, 6.07) is 9.45. The lowest BCUT2D eigenvalue weighted by molar-refractivity contribution is 0.0945. The van der Waals surface area contributed by atoms with Crippen molar-refractivity contribution in [2.75, 3.05) is 7.11 Å². The highest BCUT2D eigenvalue weighted by Crippen LogP contribution is 2.27. The van der Waals surface area contributed by atoms with E-state index in [4.69, 9.17) is 10.5 Å². The van der Waals surface area contributed by atoms with Crippen molar-refractivity contribution in [3.8, 4) is 11.4 Å². The van der Waals surface area contributed by atoms with Crippen molar-refractivity contribution in [3.63, 3.8) is 0 Å². The lowest BCUT2D eigenvalue weighted by Crippen LogP contribution is -2.23. The van der Waals surface area contributed by atoms with Gasteiger partial charge in [0.2, 0.25) is 0 Å². The Morgan fingerprint density at radius 1 is 1.19 bits per heavy atom. The van der Waals surface area contributed by atoms with Gasteiger partial charge in [-0.1, -0.05) is 12.1 Å². The summed E-state index contributed by atoms with van der Waals surface area (Å²) in [5, 5.41) is 7.46. The number of amides is 2. The van der Waals surface area contributed by atoms with Crippen LogP contribution in [0.1, 0.15) is 56.1 Å². The second-order valence-electron chi connectivity index (χ2n) is 7.91. The fraction of sp³-hybridized carbons (Fsp3) is 0.292. The van der Waals surface area contributed by atoms with Gasteiger partial charge in [0.15, 0.2) is 0 Å². The molecule has 2 aromatic carbocycles. The zero-order valence-corrected chi connectivity index (χ0v) is 18.1. The number of nitrogens with zero attached hydrogens (tertiary/aromatic N) is 2. The zero-order valence-electron chi connectivity index (χ0n) is 18.1. The smallest absolute Gasteiger partial charge is 0.267 e. The normalized spacial score (nSPS) is 12.8. The predicted octanol–water partition coefficient (Wildman–Crippen LogP) is 3.24. The summed E-state index contributed by atoms with van der Waals surface area (Å²) in [4.78, 5) is 24.7. The minimum atomic E-state index is -0.511. The molecule has 1 heterocycles. The molecule has 1 aromatic heterocycles. The van der Waals surface area contributed by atoms with Crippen LogP contribution in [0.3, 0.4) is 0 Å². The Morgan fingerprint density at radius 2 is 1.97 bits per heavy atom. The van der Waals surface area contributed by atoms with Crippen LogP contribution in [0.5, 0.6) is 5.75 Å². The predicted molar refractivity (Wildman–Crippen MR) is 118 cm³/mol. The Hall–Kier alpha value is -3.68. The van der Waals surface area contributed by atoms with Gasteiger partial charge in [-0.05, 0) is 68.0 Å². The number of benzene rings is 2. The van der Waals surface area contributed by atoms with Crippen LogP contribution in [0.15, 0.2) is 36.4 Å². The van der Waals surface area contributed by atoms with Crippen LogP contribution >= 0.6 is 0 Å². The summed E-state index contributed by atoms with van der Waals surface area (Å²) >= 11 is 0. The summed E-state index contributed by atoms with van der Waals surface area (Å²) in [6.45, 7) is 2.17. The summed E-state index contributed by atoms with van der Waals surface area (Å²) in [5.74, 6) is -1.13. The molecule has 0 radical (unpaired) electrons. The first kappa shape index (κ1) is 21.5. The van der Waals surface area contributed by atoms with Crippen LogP contribution in [0, 0.1) is 12.7 Å². The fourth-order valence-corrected chi connectivity index (χ4v) is 4.18. The van der Waals surface area contributed by atoms with Gasteiger partial charge in [0.25, 0.3) is 11.8 Å². The van der Waals surface area contributed by atoms with Gasteiger partial charge in [0.1, 0.15) is 17.3 Å². The molecule has 32 heavy (non-hydrogen) atoms. The van der Waals surface area contributed by atoms with Gasteiger partial charge >= 0.3 is 0 Å². The Kier molecular flexibility index (Phi) is 5.94. The third kappa shape index (κ3) is 4.08. The van der Waals surface area contributed by atoms with E-state index in [9.17, 15) is 14.0 Å². The number of nitrogens with two attached hydrogens (primary N) is 1. The molecule has 1 aliphatic carbocycles. The van der Waals surface area contributed by atoms with Crippen molar-refractivity contribution in [3.05, 3.63) is 75.9 Å². The molecule has 0 aliphatic heterocycles. The number of carbonyl (C=O) groups excluding carboxylic acids is 2. The number of aryl methyl sites for hydroxylation is 2. The Balaban J connectivity index is 1.56. The molecule has 3 N–H and O–H groups in total. The molecule has 0 saturated heterocycles. The molecule has 1 aliphatic rings. The van der Waals surface area contributed by atoms with E-state index in [0.717, 1.165) is 59.8 Å². The van der Waals surface area contributed by atoms with Gasteiger partial charge in [-0.3, -0.25) is 9.59 Å². The van der Waals surface area contributed by atoms with E-state index < -0.39 is 17.6 Å². The zero-order chi connectivity index (χ0) is 22.8. The number of halogens is 1. The summed E-state index contributed by atoms with van der Waals surface area (Å²) in [5.41, 5.74) is 10.7. The number of methoxy groups -OCH3 is 1. The number of rotatable bonds is 6. The van der Waals surface area contributed by atoms with E-state index in [-0.39, 0.29) is 12.1 Å². The lowest BCUT2D eigenvalue weighted by atomic mass is 9.95. The third-order valence-corrected chi connectivity index (χ3v) is 5.74. The molecule has 0 saturated carbocycles. The minimum absolute atomic E-state index is 0.133. The lowest BCUT2D eigenvalue weighted by Gasteiger charge is -2.13. The Morgan fingerprint density at radius 3 is 2.69 bits per heavy atom. The van der Waals surface area contributed by atoms with Crippen LogP contribution in [0.2, 0.25) is 0 Å². The van der Waals surface area contributed by atoms with Crippen LogP contribution in [0.25, 0.3) is 5.69 Å². The highest BCUT2D eigenvalue weighted by molar-refractivity contribution is 5.97. The van der Waals surface area contributed by atoms with Crippen LogP contribution in [-0.4, -0.2) is 28.7 Å². The summed E-state index contributed by atoms with van der Waals surface area (Å²) in [7, 11) is 1.43. The SMILES string of the molecule is COc1ccc(F)cc1C(=O)NCc1ccc(-n2nc3c(c2C(N)=O)CCCC3)c(C)c1. The molecule has 0 atom stereocenters. The standard InChI is InChI=1S/C24H25FN4O3/c1-14-11-15(13-27-24(31)18-12-16(25)8-10-21(18)32-2)7-9-20(14)29-22(23(26)30)17-5-3-4-6-19(17)28-29/h7-12H,3-6,13H2,1-2H3,(H2,26,30)(H,27,31). The second-order valence-corrected chi connectivity index (χ2v) is 7.91. The quantitative estimate of drug-likeness (QED) is 0.620.